The summed E-state index contributed by atoms with van der Waals surface area (Å²) in [7, 11) is 0. The summed E-state index contributed by atoms with van der Waals surface area (Å²) in [5, 5.41) is 3.26. The highest BCUT2D eigenvalue weighted by Crippen LogP contribution is 2.15. The smallest absolute Gasteiger partial charge is 0.245 e. The first-order chi connectivity index (χ1) is 10.6. The molecule has 1 fully saturated rings. The van der Waals surface area contributed by atoms with Crippen LogP contribution in [-0.4, -0.2) is 63.4 Å². The molecule has 0 aromatic carbocycles. The molecule has 1 saturated heterocycles. The molecule has 1 N–H and O–H groups in total. The third-order valence-electron chi connectivity index (χ3n) is 3.52. The highest BCUT2D eigenvalue weighted by atomic mass is 32.2. The van der Waals surface area contributed by atoms with E-state index in [1.807, 2.05) is 36.6 Å². The second kappa shape index (κ2) is 8.62. The fourth-order valence-electron chi connectivity index (χ4n) is 2.44. The van der Waals surface area contributed by atoms with E-state index in [0.29, 0.717) is 5.95 Å². The number of rotatable bonds is 6. The molecule has 1 atom stereocenters. The van der Waals surface area contributed by atoms with Gasteiger partial charge in [0.2, 0.25) is 11.9 Å². The van der Waals surface area contributed by atoms with Gasteiger partial charge in [0.1, 0.15) is 6.04 Å². The van der Waals surface area contributed by atoms with Gasteiger partial charge in [-0.15, -0.1) is 0 Å². The third-order valence-corrected chi connectivity index (χ3v) is 5.10. The molecule has 7 heteroatoms. The van der Waals surface area contributed by atoms with Crippen LogP contribution in [0.3, 0.4) is 0 Å². The Balaban J connectivity index is 2.08. The van der Waals surface area contributed by atoms with Crippen LogP contribution >= 0.6 is 23.5 Å². The topological polar surface area (TPSA) is 58.1 Å². The normalized spacial score (nSPS) is 16.4. The maximum atomic E-state index is 12.8. The highest BCUT2D eigenvalue weighted by molar-refractivity contribution is 7.99. The van der Waals surface area contributed by atoms with E-state index in [0.717, 1.165) is 48.2 Å². The predicted octanol–water partition coefficient (Wildman–Crippen LogP) is 2.20. The largest absolute Gasteiger partial charge is 0.342 e. The molecule has 122 valence electrons. The van der Waals surface area contributed by atoms with Gasteiger partial charge in [0, 0.05) is 36.0 Å². The third kappa shape index (κ3) is 5.05. The summed E-state index contributed by atoms with van der Waals surface area (Å²) < 4.78 is 0. The molecule has 1 aliphatic rings. The fraction of sp³-hybridized carbons (Fsp3) is 0.667. The van der Waals surface area contributed by atoms with Gasteiger partial charge >= 0.3 is 0 Å². The number of hydrogen-bond acceptors (Lipinski definition) is 6. The van der Waals surface area contributed by atoms with Crippen molar-refractivity contribution in [3.05, 3.63) is 17.5 Å². The lowest BCUT2D eigenvalue weighted by Crippen LogP contribution is -2.47. The Morgan fingerprint density at radius 1 is 1.36 bits per heavy atom. The Kier molecular flexibility index (Phi) is 6.82. The first kappa shape index (κ1) is 17.4. The summed E-state index contributed by atoms with van der Waals surface area (Å²) in [6.45, 7) is 5.57. The summed E-state index contributed by atoms with van der Waals surface area (Å²) in [6.07, 6.45) is 2.85. The fourth-order valence-corrected chi connectivity index (χ4v) is 3.82. The number of carbonyl (C=O) groups is 1. The summed E-state index contributed by atoms with van der Waals surface area (Å²) >= 11 is 3.67. The van der Waals surface area contributed by atoms with Crippen LogP contribution in [-0.2, 0) is 4.79 Å². The van der Waals surface area contributed by atoms with Crippen LogP contribution in [0.25, 0.3) is 0 Å². The van der Waals surface area contributed by atoms with E-state index in [9.17, 15) is 4.79 Å². The average Bonchev–Trinajstić information content (AvgIpc) is 2.50. The van der Waals surface area contributed by atoms with Crippen molar-refractivity contribution < 1.29 is 4.79 Å². The molecule has 1 aromatic heterocycles. The quantitative estimate of drug-likeness (QED) is 0.857. The van der Waals surface area contributed by atoms with Crippen molar-refractivity contribution in [2.24, 2.45) is 0 Å². The molecule has 0 radical (unpaired) electrons. The number of hydrogen-bond donors (Lipinski definition) is 1. The minimum Gasteiger partial charge on any atom is -0.342 e. The van der Waals surface area contributed by atoms with Gasteiger partial charge in [-0.2, -0.15) is 23.5 Å². The molecular formula is C15H24N4OS2. The van der Waals surface area contributed by atoms with Crippen molar-refractivity contribution in [3.8, 4) is 0 Å². The zero-order valence-electron chi connectivity index (χ0n) is 13.5. The second-order valence-electron chi connectivity index (χ2n) is 5.39. The average molecular weight is 341 g/mol. The van der Waals surface area contributed by atoms with E-state index in [1.54, 1.807) is 11.8 Å². The number of carbonyl (C=O) groups excluding carboxylic acids is 1. The monoisotopic (exact) mass is 340 g/mol. The molecule has 0 saturated carbocycles. The van der Waals surface area contributed by atoms with Crippen LogP contribution in [0.1, 0.15) is 17.8 Å². The number of nitrogens with one attached hydrogen (secondary N) is 1. The molecule has 0 bridgehead atoms. The molecule has 0 aliphatic carbocycles. The molecule has 2 heterocycles. The maximum Gasteiger partial charge on any atom is 0.245 e. The van der Waals surface area contributed by atoms with E-state index in [1.165, 1.54) is 0 Å². The molecule has 1 aliphatic heterocycles. The van der Waals surface area contributed by atoms with Crippen LogP contribution in [0.15, 0.2) is 6.07 Å². The molecule has 0 unspecified atom stereocenters. The Labute approximate surface area is 141 Å². The summed E-state index contributed by atoms with van der Waals surface area (Å²) in [5.41, 5.74) is 1.83. The van der Waals surface area contributed by atoms with Gasteiger partial charge in [0.25, 0.3) is 0 Å². The number of anilines is 1. The van der Waals surface area contributed by atoms with Crippen LogP contribution in [0.4, 0.5) is 5.95 Å². The Morgan fingerprint density at radius 3 is 2.59 bits per heavy atom. The van der Waals surface area contributed by atoms with Crippen LogP contribution < -0.4 is 5.32 Å². The Bertz CT molecular complexity index is 486. The first-order valence-corrected chi connectivity index (χ1v) is 10.1. The van der Waals surface area contributed by atoms with Gasteiger partial charge in [-0.25, -0.2) is 9.97 Å². The second-order valence-corrected chi connectivity index (χ2v) is 7.60. The van der Waals surface area contributed by atoms with Gasteiger partial charge in [-0.1, -0.05) is 0 Å². The van der Waals surface area contributed by atoms with Crippen molar-refractivity contribution in [2.45, 2.75) is 26.3 Å². The number of nitrogens with zero attached hydrogens (tertiary/aromatic N) is 3. The van der Waals surface area contributed by atoms with Crippen LogP contribution in [0.2, 0.25) is 0 Å². The molecule has 1 amide bonds. The standard InChI is InChI=1S/C15H24N4OS2/c1-11-10-12(2)17-15(16-11)18-13(4-7-21-3)14(20)19-5-8-22-9-6-19/h10,13H,4-9H2,1-3H3,(H,16,17,18)/t13-/m0/s1. The SMILES string of the molecule is CSCC[C@H](Nc1nc(C)cc(C)n1)C(=O)N1CCSCC1. The van der Waals surface area contributed by atoms with Crippen molar-refractivity contribution >= 4 is 35.4 Å². The summed E-state index contributed by atoms with van der Waals surface area (Å²) in [5.74, 6) is 3.74. The maximum absolute atomic E-state index is 12.8. The minimum absolute atomic E-state index is 0.178. The van der Waals surface area contributed by atoms with Gasteiger partial charge in [0.15, 0.2) is 0 Å². The van der Waals surface area contributed by atoms with E-state index < -0.39 is 0 Å². The number of thioether (sulfide) groups is 2. The zero-order chi connectivity index (χ0) is 15.9. The lowest BCUT2D eigenvalue weighted by molar-refractivity contribution is -0.131. The summed E-state index contributed by atoms with van der Waals surface area (Å²) in [4.78, 5) is 23.5. The lowest BCUT2D eigenvalue weighted by Gasteiger charge is -2.30. The number of aromatic nitrogens is 2. The number of aryl methyl sites for hydroxylation is 2. The minimum atomic E-state index is -0.239. The van der Waals surface area contributed by atoms with E-state index in [2.05, 4.69) is 21.5 Å². The van der Waals surface area contributed by atoms with E-state index in [-0.39, 0.29) is 11.9 Å². The van der Waals surface area contributed by atoms with E-state index >= 15 is 0 Å². The first-order valence-electron chi connectivity index (χ1n) is 7.54. The molecule has 5 nitrogen and oxygen atoms in total. The lowest BCUT2D eigenvalue weighted by atomic mass is 10.2. The molecule has 1 aromatic rings. The highest BCUT2D eigenvalue weighted by Gasteiger charge is 2.26. The van der Waals surface area contributed by atoms with Gasteiger partial charge in [-0.05, 0) is 38.3 Å². The predicted molar refractivity (Wildman–Crippen MR) is 95.8 cm³/mol. The van der Waals surface area contributed by atoms with Crippen molar-refractivity contribution in [2.75, 3.05) is 41.9 Å². The Hall–Kier alpha value is -0.950. The van der Waals surface area contributed by atoms with Gasteiger partial charge in [0.05, 0.1) is 0 Å². The van der Waals surface area contributed by atoms with Gasteiger partial charge < -0.3 is 10.2 Å². The van der Waals surface area contributed by atoms with Gasteiger partial charge in [-0.3, -0.25) is 4.79 Å². The Morgan fingerprint density at radius 2 is 2.00 bits per heavy atom. The zero-order valence-corrected chi connectivity index (χ0v) is 15.1. The van der Waals surface area contributed by atoms with Crippen molar-refractivity contribution in [1.29, 1.82) is 0 Å². The van der Waals surface area contributed by atoms with E-state index in [4.69, 9.17) is 0 Å². The number of amides is 1. The van der Waals surface area contributed by atoms with Crippen LogP contribution in [0.5, 0.6) is 0 Å². The molecule has 22 heavy (non-hydrogen) atoms. The molecule has 0 spiro atoms. The summed E-state index contributed by atoms with van der Waals surface area (Å²) in [6, 6.07) is 1.70. The van der Waals surface area contributed by atoms with Crippen molar-refractivity contribution in [3.63, 3.8) is 0 Å². The van der Waals surface area contributed by atoms with Crippen LogP contribution in [0, 0.1) is 13.8 Å². The van der Waals surface area contributed by atoms with Crippen molar-refractivity contribution in [1.82, 2.24) is 14.9 Å². The molecule has 2 rings (SSSR count). The molecular weight excluding hydrogens is 316 g/mol.